The second kappa shape index (κ2) is 21.1. The van der Waals surface area contributed by atoms with Gasteiger partial charge in [-0.15, -0.1) is 0 Å². The summed E-state index contributed by atoms with van der Waals surface area (Å²) in [7, 11) is -8.21. The van der Waals surface area contributed by atoms with Crippen molar-refractivity contribution in [3.05, 3.63) is 179 Å². The Bertz CT molecular complexity index is 2950. The highest BCUT2D eigenvalue weighted by Gasteiger charge is 2.30. The Morgan fingerprint density at radius 3 is 1.45 bits per heavy atom. The summed E-state index contributed by atoms with van der Waals surface area (Å²) in [5.74, 6) is -1.93. The number of amides is 2. The number of fused-ring (bicyclic) bond motifs is 1. The highest BCUT2D eigenvalue weighted by molar-refractivity contribution is 7.93. The lowest BCUT2D eigenvalue weighted by molar-refractivity contribution is 0.0930. The number of nitrogens with one attached hydrogen (secondary N) is 2. The molecule has 0 bridgehead atoms. The second-order valence-electron chi connectivity index (χ2n) is 15.5. The number of hydrogen-bond acceptors (Lipinski definition) is 9. The third-order valence-electron chi connectivity index (χ3n) is 9.82. The number of ether oxygens (including phenoxy) is 2. The zero-order valence-electron chi connectivity index (χ0n) is 36.4. The molecule has 1 aliphatic heterocycles. The van der Waals surface area contributed by atoms with Gasteiger partial charge in [-0.2, -0.15) is 5.26 Å². The molecule has 0 saturated carbocycles. The molecule has 13 nitrogen and oxygen atoms in total. The number of hydrogen-bond donors (Lipinski definition) is 2. The van der Waals surface area contributed by atoms with Crippen molar-refractivity contribution in [1.29, 1.82) is 5.26 Å². The molecular formula is C49H47F2N5O8S2. The van der Waals surface area contributed by atoms with Crippen LogP contribution in [0.3, 0.4) is 0 Å². The van der Waals surface area contributed by atoms with Crippen molar-refractivity contribution in [3.63, 3.8) is 0 Å². The maximum Gasteiger partial charge on any atom is 0.264 e. The van der Waals surface area contributed by atoms with Gasteiger partial charge in [-0.1, -0.05) is 60.7 Å². The lowest BCUT2D eigenvalue weighted by Gasteiger charge is -2.26. The largest absolute Gasteiger partial charge is 0.486 e. The Hall–Kier alpha value is -7.29. The zero-order valence-corrected chi connectivity index (χ0v) is 38.1. The fourth-order valence-electron chi connectivity index (χ4n) is 6.63. The van der Waals surface area contributed by atoms with Crippen LogP contribution in [0.25, 0.3) is 0 Å². The van der Waals surface area contributed by atoms with Gasteiger partial charge >= 0.3 is 0 Å². The number of carbonyl (C=O) groups is 2. The molecule has 0 aliphatic carbocycles. The topological polar surface area (TPSA) is 175 Å². The predicted molar refractivity (Wildman–Crippen MR) is 246 cm³/mol. The van der Waals surface area contributed by atoms with Gasteiger partial charge in [-0.3, -0.25) is 18.2 Å². The van der Waals surface area contributed by atoms with E-state index in [2.05, 4.69) is 10.6 Å². The number of sulfonamides is 2. The molecule has 0 saturated heterocycles. The SMILES string of the molecule is CC(C)NC(=O)c1cc(N(Cc2ccccc2)S(=O)(=O)c2ccc(C#N)cc2)ccc1F.CC(C)NC(=O)c1cc(N(Cc2ccccc2)S(=O)(=O)c2ccc3c(c2)OCCO3)ccc1F. The molecule has 0 atom stereocenters. The number of anilines is 2. The smallest absolute Gasteiger partial charge is 0.264 e. The summed E-state index contributed by atoms with van der Waals surface area (Å²) in [6.45, 7) is 7.66. The van der Waals surface area contributed by atoms with Gasteiger partial charge in [0, 0.05) is 18.2 Å². The first kappa shape index (κ1) is 48.2. The average molecular weight is 936 g/mol. The van der Waals surface area contributed by atoms with E-state index in [0.29, 0.717) is 35.8 Å². The van der Waals surface area contributed by atoms with E-state index in [9.17, 15) is 35.2 Å². The van der Waals surface area contributed by atoms with Crippen LogP contribution in [-0.4, -0.2) is 53.9 Å². The molecule has 2 amide bonds. The predicted octanol–water partition coefficient (Wildman–Crippen LogP) is 8.36. The van der Waals surface area contributed by atoms with E-state index in [-0.39, 0.29) is 57.5 Å². The van der Waals surface area contributed by atoms with Crippen molar-refractivity contribution in [1.82, 2.24) is 10.6 Å². The van der Waals surface area contributed by atoms with Crippen LogP contribution in [0.4, 0.5) is 20.2 Å². The second-order valence-corrected chi connectivity index (χ2v) is 19.2. The maximum absolute atomic E-state index is 14.5. The molecule has 0 radical (unpaired) electrons. The average Bonchev–Trinajstić information content (AvgIpc) is 3.30. The Balaban J connectivity index is 0.000000219. The van der Waals surface area contributed by atoms with Gasteiger partial charge in [0.2, 0.25) is 0 Å². The molecule has 2 N–H and O–H groups in total. The summed E-state index contributed by atoms with van der Waals surface area (Å²) < 4.78 is 96.9. The van der Waals surface area contributed by atoms with Gasteiger partial charge in [0.25, 0.3) is 31.9 Å². The van der Waals surface area contributed by atoms with Crippen molar-refractivity contribution >= 4 is 43.2 Å². The molecule has 6 aromatic carbocycles. The normalized spacial score (nSPS) is 12.0. The minimum absolute atomic E-state index is 0.00909. The molecule has 0 fully saturated rings. The Morgan fingerprint density at radius 1 is 0.591 bits per heavy atom. The Kier molecular flexibility index (Phi) is 15.4. The number of rotatable bonds is 14. The van der Waals surface area contributed by atoms with Crippen LogP contribution in [0.5, 0.6) is 11.5 Å². The van der Waals surface area contributed by atoms with Crippen molar-refractivity contribution < 1.29 is 44.7 Å². The van der Waals surface area contributed by atoms with Crippen molar-refractivity contribution in [2.75, 3.05) is 21.8 Å². The molecule has 1 aliphatic rings. The maximum atomic E-state index is 14.5. The molecule has 0 spiro atoms. The number of benzene rings is 6. The highest BCUT2D eigenvalue weighted by atomic mass is 32.2. The number of nitrogens with zero attached hydrogens (tertiary/aromatic N) is 3. The van der Waals surface area contributed by atoms with E-state index in [1.165, 1.54) is 60.7 Å². The molecule has 0 aromatic heterocycles. The lowest BCUT2D eigenvalue weighted by Crippen LogP contribution is -2.33. The van der Waals surface area contributed by atoms with E-state index < -0.39 is 43.5 Å². The van der Waals surface area contributed by atoms with E-state index in [0.717, 1.165) is 26.3 Å². The summed E-state index contributed by atoms with van der Waals surface area (Å²) in [4.78, 5) is 25.0. The summed E-state index contributed by atoms with van der Waals surface area (Å²) in [5.41, 5.74) is 1.59. The van der Waals surface area contributed by atoms with Gasteiger partial charge < -0.3 is 20.1 Å². The van der Waals surface area contributed by atoms with Gasteiger partial charge in [-0.25, -0.2) is 25.6 Å². The quantitative estimate of drug-likeness (QED) is 0.109. The Labute approximate surface area is 383 Å². The van der Waals surface area contributed by atoms with Crippen LogP contribution in [-0.2, 0) is 33.1 Å². The minimum Gasteiger partial charge on any atom is -0.486 e. The van der Waals surface area contributed by atoms with Crippen molar-refractivity contribution in [3.8, 4) is 17.6 Å². The summed E-state index contributed by atoms with van der Waals surface area (Å²) >= 11 is 0. The van der Waals surface area contributed by atoms with Crippen LogP contribution in [0.15, 0.2) is 149 Å². The first-order valence-electron chi connectivity index (χ1n) is 20.7. The highest BCUT2D eigenvalue weighted by Crippen LogP contribution is 2.35. The molecule has 66 heavy (non-hydrogen) atoms. The first-order valence-corrected chi connectivity index (χ1v) is 23.6. The van der Waals surface area contributed by atoms with Gasteiger partial charge in [0.05, 0.1) is 57.0 Å². The first-order chi connectivity index (χ1) is 31.5. The summed E-state index contributed by atoms with van der Waals surface area (Å²) in [6, 6.07) is 36.8. The number of halogens is 2. The zero-order chi connectivity index (χ0) is 47.6. The number of nitriles is 1. The Morgan fingerprint density at radius 2 is 1.02 bits per heavy atom. The molecule has 6 aromatic rings. The van der Waals surface area contributed by atoms with E-state index in [4.69, 9.17) is 14.7 Å². The number of carbonyl (C=O) groups excluding carboxylic acids is 2. The van der Waals surface area contributed by atoms with Crippen LogP contribution >= 0.6 is 0 Å². The summed E-state index contributed by atoms with van der Waals surface area (Å²) in [5, 5.41) is 14.3. The molecule has 1 heterocycles. The fraction of sp³-hybridized carbons (Fsp3) is 0.204. The third-order valence-corrected chi connectivity index (χ3v) is 13.4. The fourth-order valence-corrected chi connectivity index (χ4v) is 9.54. The van der Waals surface area contributed by atoms with E-state index >= 15 is 0 Å². The summed E-state index contributed by atoms with van der Waals surface area (Å²) in [6.07, 6.45) is 0. The van der Waals surface area contributed by atoms with Gasteiger partial charge in [-0.05, 0) is 112 Å². The monoisotopic (exact) mass is 935 g/mol. The molecule has 342 valence electrons. The van der Waals surface area contributed by atoms with Gasteiger partial charge in [0.1, 0.15) is 24.8 Å². The van der Waals surface area contributed by atoms with E-state index in [1.807, 2.05) is 18.2 Å². The van der Waals surface area contributed by atoms with Crippen molar-refractivity contribution in [2.24, 2.45) is 0 Å². The minimum atomic E-state index is -4.12. The molecular weight excluding hydrogens is 889 g/mol. The van der Waals surface area contributed by atoms with Gasteiger partial charge in [0.15, 0.2) is 11.5 Å². The van der Waals surface area contributed by atoms with Crippen molar-refractivity contribution in [2.45, 2.75) is 62.7 Å². The standard InChI is InChI=1S/C25H25FN2O5S.C24H22FN3O3S/c1-17(2)27-25(29)21-14-19(8-10-22(21)26)28(16-18-6-4-3-5-7-18)34(30,31)20-9-11-23-24(15-20)33-13-12-32-23;1-17(2)27-24(29)22-14-20(10-13-23(22)25)28(16-19-6-4-3-5-7-19)32(30,31)21-11-8-18(15-26)9-12-21/h3-11,14-15,17H,12-13,16H2,1-2H3,(H,27,29);3-14,17H,16H2,1-2H3,(H,27,29). The van der Waals surface area contributed by atoms with E-state index in [1.54, 1.807) is 82.3 Å². The van der Waals surface area contributed by atoms with Crippen LogP contribution in [0.1, 0.15) is 65.1 Å². The van der Waals surface area contributed by atoms with Crippen LogP contribution < -0.4 is 28.7 Å². The van der Waals surface area contributed by atoms with Crippen LogP contribution in [0.2, 0.25) is 0 Å². The van der Waals surface area contributed by atoms with Crippen LogP contribution in [0, 0.1) is 23.0 Å². The molecule has 17 heteroatoms. The molecule has 0 unspecified atom stereocenters. The molecule has 7 rings (SSSR count). The lowest BCUT2D eigenvalue weighted by atomic mass is 10.1. The third kappa shape index (κ3) is 11.7.